The van der Waals surface area contributed by atoms with Gasteiger partial charge >= 0.3 is 5.97 Å². The minimum absolute atomic E-state index is 0.191. The Labute approximate surface area is 108 Å². The molecule has 0 saturated carbocycles. The first kappa shape index (κ1) is 13.0. The molecule has 18 heavy (non-hydrogen) atoms. The van der Waals surface area contributed by atoms with Crippen LogP contribution < -0.4 is 0 Å². The van der Waals surface area contributed by atoms with E-state index in [1.165, 1.54) is 25.5 Å². The second-order valence-electron chi connectivity index (χ2n) is 4.99. The van der Waals surface area contributed by atoms with Gasteiger partial charge in [-0.1, -0.05) is 19.4 Å². The molecular weight excluding hydrogens is 228 g/mol. The molecule has 1 aliphatic heterocycles. The van der Waals surface area contributed by atoms with Gasteiger partial charge in [-0.2, -0.15) is 0 Å². The van der Waals surface area contributed by atoms with Crippen molar-refractivity contribution in [2.75, 3.05) is 13.1 Å². The molecule has 1 N–H and O–H groups in total. The summed E-state index contributed by atoms with van der Waals surface area (Å²) in [5.41, 5.74) is 1.01. The van der Waals surface area contributed by atoms with Gasteiger partial charge < -0.3 is 5.11 Å². The Bertz CT molecular complexity index is 420. The number of carboxylic acid groups (broad SMARTS) is 1. The first-order valence-corrected chi connectivity index (χ1v) is 6.60. The maximum Gasteiger partial charge on any atom is 0.354 e. The van der Waals surface area contributed by atoms with Crippen molar-refractivity contribution < 1.29 is 9.90 Å². The van der Waals surface area contributed by atoms with Gasteiger partial charge in [-0.3, -0.25) is 4.90 Å². The van der Waals surface area contributed by atoms with Crippen LogP contribution in [0.15, 0.2) is 18.3 Å². The molecule has 1 saturated heterocycles. The summed E-state index contributed by atoms with van der Waals surface area (Å²) in [6.07, 6.45) is 5.27. The molecule has 2 heterocycles. The number of pyridine rings is 1. The third-order valence-corrected chi connectivity index (χ3v) is 3.55. The Balaban J connectivity index is 2.00. The van der Waals surface area contributed by atoms with Gasteiger partial charge in [0.2, 0.25) is 0 Å². The van der Waals surface area contributed by atoms with Crippen LogP contribution in [0.2, 0.25) is 0 Å². The number of rotatable bonds is 5. The molecule has 0 bridgehead atoms. The van der Waals surface area contributed by atoms with Crippen molar-refractivity contribution in [1.29, 1.82) is 0 Å². The molecule has 0 radical (unpaired) electrons. The van der Waals surface area contributed by atoms with E-state index in [9.17, 15) is 4.79 Å². The van der Waals surface area contributed by atoms with Crippen LogP contribution in [0.25, 0.3) is 0 Å². The van der Waals surface area contributed by atoms with E-state index < -0.39 is 5.97 Å². The van der Waals surface area contributed by atoms with Crippen molar-refractivity contribution in [2.45, 2.75) is 32.7 Å². The van der Waals surface area contributed by atoms with Crippen LogP contribution in [0.5, 0.6) is 0 Å². The van der Waals surface area contributed by atoms with Crippen LogP contribution >= 0.6 is 0 Å². The predicted octanol–water partition coefficient (Wildman–Crippen LogP) is 2.40. The number of carbonyl (C=O) groups is 1. The maximum atomic E-state index is 11.1. The Hall–Kier alpha value is -1.42. The first-order valence-electron chi connectivity index (χ1n) is 6.60. The molecule has 1 aliphatic rings. The van der Waals surface area contributed by atoms with Crippen molar-refractivity contribution in [3.63, 3.8) is 0 Å². The molecule has 0 spiro atoms. The summed E-state index contributed by atoms with van der Waals surface area (Å²) in [7, 11) is 0. The van der Waals surface area contributed by atoms with Gasteiger partial charge in [0.1, 0.15) is 0 Å². The molecule has 4 heteroatoms. The fourth-order valence-corrected chi connectivity index (χ4v) is 2.70. The molecule has 0 aromatic carbocycles. The van der Waals surface area contributed by atoms with Crippen LogP contribution in [-0.2, 0) is 6.54 Å². The molecule has 98 valence electrons. The van der Waals surface area contributed by atoms with E-state index in [1.54, 1.807) is 6.07 Å². The third kappa shape index (κ3) is 3.07. The van der Waals surface area contributed by atoms with E-state index in [0.29, 0.717) is 6.54 Å². The van der Waals surface area contributed by atoms with Gasteiger partial charge in [-0.05, 0) is 36.9 Å². The van der Waals surface area contributed by atoms with Crippen molar-refractivity contribution in [1.82, 2.24) is 9.88 Å². The average Bonchev–Trinajstić information content (AvgIpc) is 2.77. The molecule has 1 fully saturated rings. The largest absolute Gasteiger partial charge is 0.477 e. The lowest BCUT2D eigenvalue weighted by molar-refractivity contribution is 0.0688. The minimum atomic E-state index is -0.935. The number of nitrogens with zero attached hydrogens (tertiary/aromatic N) is 2. The molecule has 0 aliphatic carbocycles. The summed E-state index contributed by atoms with van der Waals surface area (Å²) in [4.78, 5) is 17.4. The second kappa shape index (κ2) is 5.96. The lowest BCUT2D eigenvalue weighted by Crippen LogP contribution is -2.22. The van der Waals surface area contributed by atoms with E-state index >= 15 is 0 Å². The molecule has 0 amide bonds. The summed E-state index contributed by atoms with van der Waals surface area (Å²) >= 11 is 0. The maximum absolute atomic E-state index is 11.1. The highest BCUT2D eigenvalue weighted by molar-refractivity contribution is 5.86. The average molecular weight is 248 g/mol. The monoisotopic (exact) mass is 248 g/mol. The first-order chi connectivity index (χ1) is 8.70. The van der Waals surface area contributed by atoms with Gasteiger partial charge in [0.15, 0.2) is 5.69 Å². The summed E-state index contributed by atoms with van der Waals surface area (Å²) in [6, 6.07) is 3.67. The predicted molar refractivity (Wildman–Crippen MR) is 69.5 cm³/mol. The van der Waals surface area contributed by atoms with Gasteiger partial charge in [0.25, 0.3) is 0 Å². The number of aromatic carboxylic acids is 1. The zero-order chi connectivity index (χ0) is 13.0. The zero-order valence-electron chi connectivity index (χ0n) is 10.8. The van der Waals surface area contributed by atoms with Crippen LogP contribution in [0.1, 0.15) is 42.2 Å². The highest BCUT2D eigenvalue weighted by atomic mass is 16.4. The van der Waals surface area contributed by atoms with Gasteiger partial charge in [-0.25, -0.2) is 9.78 Å². The quantitative estimate of drug-likeness (QED) is 0.869. The van der Waals surface area contributed by atoms with E-state index in [1.807, 2.05) is 6.07 Å². The highest BCUT2D eigenvalue weighted by Gasteiger charge is 2.23. The number of likely N-dealkylation sites (tertiary alicyclic amines) is 1. The lowest BCUT2D eigenvalue weighted by Gasteiger charge is -2.16. The van der Waals surface area contributed by atoms with Gasteiger partial charge in [0, 0.05) is 19.3 Å². The van der Waals surface area contributed by atoms with Crippen molar-refractivity contribution in [3.8, 4) is 0 Å². The summed E-state index contributed by atoms with van der Waals surface area (Å²) in [5.74, 6) is -0.158. The summed E-state index contributed by atoms with van der Waals surface area (Å²) in [6.45, 7) is 5.07. The fraction of sp³-hybridized carbons (Fsp3) is 0.571. The fourth-order valence-electron chi connectivity index (χ4n) is 2.70. The molecule has 4 nitrogen and oxygen atoms in total. The Kier molecular flexibility index (Phi) is 4.31. The summed E-state index contributed by atoms with van der Waals surface area (Å²) in [5, 5.41) is 9.09. The van der Waals surface area contributed by atoms with E-state index in [4.69, 9.17) is 5.11 Å². The van der Waals surface area contributed by atoms with Crippen molar-refractivity contribution in [2.24, 2.45) is 5.92 Å². The second-order valence-corrected chi connectivity index (χ2v) is 4.99. The Morgan fingerprint density at radius 1 is 1.61 bits per heavy atom. The molecule has 1 aromatic heterocycles. The summed E-state index contributed by atoms with van der Waals surface area (Å²) < 4.78 is 0. The Morgan fingerprint density at radius 3 is 3.17 bits per heavy atom. The minimum Gasteiger partial charge on any atom is -0.477 e. The van der Waals surface area contributed by atoms with Gasteiger partial charge in [-0.15, -0.1) is 0 Å². The number of hydrogen-bond donors (Lipinski definition) is 1. The van der Waals surface area contributed by atoms with Crippen LogP contribution in [0.4, 0.5) is 0 Å². The van der Waals surface area contributed by atoms with Crippen molar-refractivity contribution in [3.05, 3.63) is 29.6 Å². The van der Waals surface area contributed by atoms with Crippen LogP contribution in [-0.4, -0.2) is 34.0 Å². The SMILES string of the molecule is CCCC1CCN(Cc2cccnc2C(=O)O)C1. The molecule has 2 rings (SSSR count). The smallest absolute Gasteiger partial charge is 0.354 e. The lowest BCUT2D eigenvalue weighted by atomic mass is 10.0. The number of hydrogen-bond acceptors (Lipinski definition) is 3. The van der Waals surface area contributed by atoms with E-state index in [2.05, 4.69) is 16.8 Å². The zero-order valence-corrected chi connectivity index (χ0v) is 10.8. The van der Waals surface area contributed by atoms with E-state index in [-0.39, 0.29) is 5.69 Å². The molecule has 1 aromatic rings. The standard InChI is InChI=1S/C14H20N2O2/c1-2-4-11-6-8-16(9-11)10-12-5-3-7-15-13(12)14(17)18/h3,5,7,11H,2,4,6,8-10H2,1H3,(H,17,18). The molecule has 1 unspecified atom stereocenters. The number of aromatic nitrogens is 1. The van der Waals surface area contributed by atoms with Crippen LogP contribution in [0.3, 0.4) is 0 Å². The van der Waals surface area contributed by atoms with E-state index in [0.717, 1.165) is 24.6 Å². The Morgan fingerprint density at radius 2 is 2.44 bits per heavy atom. The number of carboxylic acids is 1. The van der Waals surface area contributed by atoms with Crippen molar-refractivity contribution >= 4 is 5.97 Å². The van der Waals surface area contributed by atoms with Crippen LogP contribution in [0, 0.1) is 5.92 Å². The molecular formula is C14H20N2O2. The topological polar surface area (TPSA) is 53.4 Å². The van der Waals surface area contributed by atoms with Gasteiger partial charge in [0.05, 0.1) is 0 Å². The molecule has 1 atom stereocenters. The highest BCUT2D eigenvalue weighted by Crippen LogP contribution is 2.23. The third-order valence-electron chi connectivity index (χ3n) is 3.55. The normalized spacial score (nSPS) is 20.2.